The molecular formula is C15H23ClO. The molecule has 1 aromatic rings. The van der Waals surface area contributed by atoms with Gasteiger partial charge in [-0.2, -0.15) is 0 Å². The zero-order chi connectivity index (χ0) is 13.3. The summed E-state index contributed by atoms with van der Waals surface area (Å²) in [5.41, 5.74) is 1.15. The molecule has 1 N–H and O–H groups in total. The number of hydrogen-bond acceptors (Lipinski definition) is 1. The fourth-order valence-corrected chi connectivity index (χ4v) is 2.69. The van der Waals surface area contributed by atoms with Crippen LogP contribution in [0.4, 0.5) is 0 Å². The van der Waals surface area contributed by atoms with E-state index in [4.69, 9.17) is 11.6 Å². The van der Waals surface area contributed by atoms with Crippen LogP contribution in [0.3, 0.4) is 0 Å². The van der Waals surface area contributed by atoms with Crippen molar-refractivity contribution in [3.05, 3.63) is 29.8 Å². The number of halogens is 1. The molecule has 1 aromatic carbocycles. The summed E-state index contributed by atoms with van der Waals surface area (Å²) >= 11 is 6.85. The first kappa shape index (κ1) is 14.4. The highest BCUT2D eigenvalue weighted by molar-refractivity contribution is 6.24. The van der Waals surface area contributed by atoms with Crippen LogP contribution in [0.25, 0.3) is 0 Å². The van der Waals surface area contributed by atoms with Crippen LogP contribution in [0.15, 0.2) is 24.3 Å². The Balaban J connectivity index is 3.16. The summed E-state index contributed by atoms with van der Waals surface area (Å²) in [5.74, 6) is 0.590. The Hall–Kier alpha value is -0.690. The molecule has 17 heavy (non-hydrogen) atoms. The summed E-state index contributed by atoms with van der Waals surface area (Å²) in [6.45, 7) is 10.8. The van der Waals surface area contributed by atoms with Crippen molar-refractivity contribution in [2.45, 2.75) is 45.9 Å². The van der Waals surface area contributed by atoms with Crippen molar-refractivity contribution in [2.24, 2.45) is 11.3 Å². The third kappa shape index (κ3) is 3.64. The van der Waals surface area contributed by atoms with E-state index in [0.29, 0.717) is 5.92 Å². The lowest BCUT2D eigenvalue weighted by Gasteiger charge is -2.37. The summed E-state index contributed by atoms with van der Waals surface area (Å²) in [5, 5.41) is 9.60. The van der Waals surface area contributed by atoms with Gasteiger partial charge in [-0.1, -0.05) is 46.8 Å². The molecule has 2 heteroatoms. The first-order valence-corrected chi connectivity index (χ1v) is 6.51. The quantitative estimate of drug-likeness (QED) is 0.760. The van der Waals surface area contributed by atoms with Crippen molar-refractivity contribution in [2.75, 3.05) is 0 Å². The molecule has 0 radical (unpaired) electrons. The Morgan fingerprint density at radius 2 is 1.82 bits per heavy atom. The summed E-state index contributed by atoms with van der Waals surface area (Å²) in [6.07, 6.45) is 0.878. The molecule has 0 saturated heterocycles. The number of phenols is 1. The predicted molar refractivity (Wildman–Crippen MR) is 74.5 cm³/mol. The van der Waals surface area contributed by atoms with Crippen molar-refractivity contribution in [3.63, 3.8) is 0 Å². The minimum absolute atomic E-state index is 0.150. The van der Waals surface area contributed by atoms with Gasteiger partial charge >= 0.3 is 0 Å². The Kier molecular flexibility index (Phi) is 4.14. The molecule has 1 rings (SSSR count). The van der Waals surface area contributed by atoms with E-state index in [2.05, 4.69) is 34.6 Å². The van der Waals surface area contributed by atoms with E-state index >= 15 is 0 Å². The summed E-state index contributed by atoms with van der Waals surface area (Å²) in [7, 11) is 0. The van der Waals surface area contributed by atoms with Crippen LogP contribution in [0, 0.1) is 11.3 Å². The average Bonchev–Trinajstić information content (AvgIpc) is 2.14. The summed E-state index contributed by atoms with van der Waals surface area (Å²) < 4.78 is 0. The van der Waals surface area contributed by atoms with Gasteiger partial charge in [0.25, 0.3) is 0 Å². The molecule has 0 fully saturated rings. The third-order valence-electron chi connectivity index (χ3n) is 3.03. The lowest BCUT2D eigenvalue weighted by atomic mass is 9.75. The van der Waals surface area contributed by atoms with Gasteiger partial charge in [-0.25, -0.2) is 0 Å². The fourth-order valence-electron chi connectivity index (χ4n) is 2.18. The van der Waals surface area contributed by atoms with Gasteiger partial charge in [-0.05, 0) is 35.4 Å². The maximum Gasteiger partial charge on any atom is 0.115 e. The molecule has 0 aliphatic rings. The highest BCUT2D eigenvalue weighted by atomic mass is 35.5. The first-order chi connectivity index (χ1) is 7.65. The van der Waals surface area contributed by atoms with Crippen LogP contribution >= 0.6 is 11.6 Å². The molecule has 1 nitrogen and oxygen atoms in total. The van der Waals surface area contributed by atoms with E-state index < -0.39 is 4.87 Å². The molecule has 0 spiro atoms. The molecule has 1 unspecified atom stereocenters. The molecule has 0 aromatic heterocycles. The third-order valence-corrected chi connectivity index (χ3v) is 3.82. The van der Waals surface area contributed by atoms with Gasteiger partial charge in [0.15, 0.2) is 0 Å². The molecule has 1 atom stereocenters. The van der Waals surface area contributed by atoms with E-state index in [1.54, 1.807) is 12.1 Å². The number of aromatic hydroxyl groups is 1. The van der Waals surface area contributed by atoms with Gasteiger partial charge in [0.1, 0.15) is 5.75 Å². The second-order valence-electron chi connectivity index (χ2n) is 6.30. The fraction of sp³-hybridized carbons (Fsp3) is 0.600. The molecule has 0 heterocycles. The Morgan fingerprint density at radius 3 is 2.24 bits per heavy atom. The lowest BCUT2D eigenvalue weighted by Crippen LogP contribution is -2.31. The van der Waals surface area contributed by atoms with Crippen LogP contribution in [0.2, 0.25) is 0 Å². The van der Waals surface area contributed by atoms with Gasteiger partial charge in [-0.3, -0.25) is 0 Å². The largest absolute Gasteiger partial charge is 0.508 e. The second kappa shape index (κ2) is 4.89. The SMILES string of the molecule is CC(C)C(Cl)(CC(C)(C)C)c1cccc(O)c1. The standard InChI is InChI=1S/C15H23ClO/c1-11(2)15(16,10-14(3,4)5)12-7-6-8-13(17)9-12/h6-9,11,17H,10H2,1-5H3. The van der Waals surface area contributed by atoms with Gasteiger partial charge in [0, 0.05) is 0 Å². The molecule has 0 amide bonds. The number of alkyl halides is 1. The van der Waals surface area contributed by atoms with Crippen molar-refractivity contribution >= 4 is 11.6 Å². The molecule has 0 aliphatic carbocycles. The smallest absolute Gasteiger partial charge is 0.115 e. The Labute approximate surface area is 110 Å². The lowest BCUT2D eigenvalue weighted by molar-refractivity contribution is 0.269. The minimum Gasteiger partial charge on any atom is -0.508 e. The normalized spacial score (nSPS) is 15.9. The Morgan fingerprint density at radius 1 is 1.24 bits per heavy atom. The maximum atomic E-state index is 9.60. The van der Waals surface area contributed by atoms with Crippen LogP contribution in [-0.4, -0.2) is 5.11 Å². The van der Waals surface area contributed by atoms with Gasteiger partial charge < -0.3 is 5.11 Å². The van der Waals surface area contributed by atoms with E-state index in [9.17, 15) is 5.11 Å². The second-order valence-corrected chi connectivity index (χ2v) is 6.98. The van der Waals surface area contributed by atoms with Crippen molar-refractivity contribution in [1.29, 1.82) is 0 Å². The van der Waals surface area contributed by atoms with Crippen LogP contribution in [0.5, 0.6) is 5.75 Å². The molecule has 0 aliphatic heterocycles. The van der Waals surface area contributed by atoms with Crippen molar-refractivity contribution < 1.29 is 5.11 Å². The summed E-state index contributed by atoms with van der Waals surface area (Å²) in [6, 6.07) is 7.31. The molecular weight excluding hydrogens is 232 g/mol. The number of phenolic OH excluding ortho intramolecular Hbond substituents is 1. The van der Waals surface area contributed by atoms with E-state index in [-0.39, 0.29) is 11.2 Å². The zero-order valence-corrected chi connectivity index (χ0v) is 12.2. The molecule has 0 bridgehead atoms. The van der Waals surface area contributed by atoms with Gasteiger partial charge in [0.2, 0.25) is 0 Å². The molecule has 96 valence electrons. The Bertz CT molecular complexity index is 379. The van der Waals surface area contributed by atoms with E-state index in [1.807, 2.05) is 12.1 Å². The van der Waals surface area contributed by atoms with Gasteiger partial charge in [0.05, 0.1) is 4.87 Å². The average molecular weight is 255 g/mol. The number of rotatable bonds is 3. The topological polar surface area (TPSA) is 20.2 Å². The summed E-state index contributed by atoms with van der Waals surface area (Å²) in [4.78, 5) is -0.420. The monoisotopic (exact) mass is 254 g/mol. The number of benzene rings is 1. The highest BCUT2D eigenvalue weighted by Gasteiger charge is 2.37. The molecule has 0 saturated carbocycles. The van der Waals surface area contributed by atoms with E-state index in [1.165, 1.54) is 0 Å². The van der Waals surface area contributed by atoms with Gasteiger partial charge in [-0.15, -0.1) is 11.6 Å². The van der Waals surface area contributed by atoms with Crippen molar-refractivity contribution in [1.82, 2.24) is 0 Å². The zero-order valence-electron chi connectivity index (χ0n) is 11.4. The predicted octanol–water partition coefficient (Wildman–Crippen LogP) is 4.92. The van der Waals surface area contributed by atoms with Crippen molar-refractivity contribution in [3.8, 4) is 5.75 Å². The minimum atomic E-state index is -0.420. The highest BCUT2D eigenvalue weighted by Crippen LogP contribution is 2.46. The van der Waals surface area contributed by atoms with Crippen LogP contribution in [-0.2, 0) is 4.87 Å². The van der Waals surface area contributed by atoms with Crippen LogP contribution in [0.1, 0.15) is 46.6 Å². The maximum absolute atomic E-state index is 9.60. The van der Waals surface area contributed by atoms with E-state index in [0.717, 1.165) is 12.0 Å². The number of hydrogen-bond donors (Lipinski definition) is 1. The first-order valence-electron chi connectivity index (χ1n) is 6.13. The van der Waals surface area contributed by atoms with Crippen LogP contribution < -0.4 is 0 Å².